The molecule has 1 aliphatic rings. The van der Waals surface area contributed by atoms with E-state index in [1.807, 2.05) is 13.0 Å². The van der Waals surface area contributed by atoms with Crippen molar-refractivity contribution >= 4 is 32.5 Å². The van der Waals surface area contributed by atoms with Gasteiger partial charge in [-0.05, 0) is 37.6 Å². The van der Waals surface area contributed by atoms with Crippen LogP contribution in [-0.2, 0) is 6.42 Å². The molecule has 1 aliphatic heterocycles. The smallest absolute Gasteiger partial charge is 0.167 e. The van der Waals surface area contributed by atoms with Crippen molar-refractivity contribution in [1.82, 2.24) is 9.97 Å². The van der Waals surface area contributed by atoms with Gasteiger partial charge in [-0.2, -0.15) is 0 Å². The van der Waals surface area contributed by atoms with Crippen LogP contribution in [0.2, 0.25) is 0 Å². The average molecular weight is 379 g/mol. The molecule has 0 saturated heterocycles. The highest BCUT2D eigenvalue weighted by Crippen LogP contribution is 2.43. The maximum Gasteiger partial charge on any atom is 0.167 e. The maximum absolute atomic E-state index is 14.4. The van der Waals surface area contributed by atoms with Gasteiger partial charge in [-0.3, -0.25) is 4.98 Å². The molecular weight excluding hydrogens is 363 g/mol. The number of thiazole rings is 1. The third-order valence-electron chi connectivity index (χ3n) is 4.77. The summed E-state index contributed by atoms with van der Waals surface area (Å²) in [5.74, 6) is 0.647. The fourth-order valence-electron chi connectivity index (χ4n) is 3.60. The average Bonchev–Trinajstić information content (AvgIpc) is 3.23. The number of halogens is 1. The van der Waals surface area contributed by atoms with Gasteiger partial charge >= 0.3 is 0 Å². The predicted octanol–water partition coefficient (Wildman–Crippen LogP) is 5.11. The van der Waals surface area contributed by atoms with Crippen LogP contribution in [0.1, 0.15) is 11.1 Å². The second kappa shape index (κ2) is 5.89. The Balaban J connectivity index is 1.76. The maximum atomic E-state index is 14.4. The molecular formula is C21H16FN2O2S. The summed E-state index contributed by atoms with van der Waals surface area (Å²) in [6, 6.07) is 7.54. The second-order valence-corrected chi connectivity index (χ2v) is 7.74. The molecule has 27 heavy (non-hydrogen) atoms. The molecule has 2 aromatic carbocycles. The number of ether oxygens (including phenoxy) is 2. The van der Waals surface area contributed by atoms with Crippen molar-refractivity contribution in [1.29, 1.82) is 0 Å². The van der Waals surface area contributed by atoms with E-state index in [9.17, 15) is 4.39 Å². The molecule has 0 bridgehead atoms. The summed E-state index contributed by atoms with van der Waals surface area (Å²) in [5.41, 5.74) is 4.40. The number of methoxy groups -OCH3 is 1. The minimum atomic E-state index is -0.377. The van der Waals surface area contributed by atoms with Gasteiger partial charge in [0.25, 0.3) is 0 Å². The van der Waals surface area contributed by atoms with Crippen molar-refractivity contribution in [2.24, 2.45) is 0 Å². The van der Waals surface area contributed by atoms with Crippen LogP contribution in [0.5, 0.6) is 11.5 Å². The molecule has 1 atom stereocenters. The van der Waals surface area contributed by atoms with Crippen LogP contribution in [0.4, 0.5) is 4.39 Å². The zero-order valence-corrected chi connectivity index (χ0v) is 15.7. The van der Waals surface area contributed by atoms with Crippen molar-refractivity contribution in [2.75, 3.05) is 7.11 Å². The quantitative estimate of drug-likeness (QED) is 0.486. The Labute approximate surface area is 159 Å². The van der Waals surface area contributed by atoms with E-state index in [0.29, 0.717) is 23.4 Å². The highest BCUT2D eigenvalue weighted by Gasteiger charge is 2.27. The second-order valence-electron chi connectivity index (χ2n) is 6.74. The molecule has 0 unspecified atom stereocenters. The minimum absolute atomic E-state index is 0.264. The number of hydrogen-bond acceptors (Lipinski definition) is 5. The van der Waals surface area contributed by atoms with E-state index in [-0.39, 0.29) is 11.9 Å². The molecule has 6 heteroatoms. The van der Waals surface area contributed by atoms with Gasteiger partial charge in [0.2, 0.25) is 0 Å². The molecule has 1 radical (unpaired) electrons. The summed E-state index contributed by atoms with van der Waals surface area (Å²) in [4.78, 5) is 9.29. The lowest BCUT2D eigenvalue weighted by Gasteiger charge is -2.07. The predicted molar refractivity (Wildman–Crippen MR) is 105 cm³/mol. The van der Waals surface area contributed by atoms with Crippen LogP contribution in [0.15, 0.2) is 30.5 Å². The van der Waals surface area contributed by atoms with E-state index in [0.717, 1.165) is 37.3 Å². The van der Waals surface area contributed by atoms with Gasteiger partial charge in [-0.25, -0.2) is 9.37 Å². The van der Waals surface area contributed by atoms with Crippen LogP contribution < -0.4 is 9.47 Å². The summed E-state index contributed by atoms with van der Waals surface area (Å²) in [7, 11) is 1.63. The lowest BCUT2D eigenvalue weighted by Crippen LogP contribution is -2.06. The number of fused-ring (bicyclic) bond motifs is 4. The fourth-order valence-corrected chi connectivity index (χ4v) is 4.71. The highest BCUT2D eigenvalue weighted by molar-refractivity contribution is 7.22. The number of aromatic nitrogens is 2. The minimum Gasteiger partial charge on any atom is -0.495 e. The third kappa shape index (κ3) is 2.55. The standard InChI is InChI=1S/C21H16FN2O2S/c1-10-4-12-7-13(25-3)9-23-18(12)14(5-10)21-24-17-8-16(22)19-15(20(17)27-21)6-11(2)26-19/h4-5,7-9,11H,2,6H2,1,3H3/t11-/m1/s1. The van der Waals surface area contributed by atoms with E-state index < -0.39 is 0 Å². The van der Waals surface area contributed by atoms with Gasteiger partial charge in [0.05, 0.1) is 29.0 Å². The first-order valence-electron chi connectivity index (χ1n) is 8.60. The largest absolute Gasteiger partial charge is 0.495 e. The van der Waals surface area contributed by atoms with Crippen molar-refractivity contribution in [3.8, 4) is 22.1 Å². The zero-order chi connectivity index (χ0) is 18.7. The van der Waals surface area contributed by atoms with Crippen molar-refractivity contribution in [3.05, 3.63) is 54.3 Å². The molecule has 4 nitrogen and oxygen atoms in total. The molecule has 3 heterocycles. The molecule has 0 saturated carbocycles. The number of aryl methyl sites for hydroxylation is 1. The summed E-state index contributed by atoms with van der Waals surface area (Å²) >= 11 is 1.54. The van der Waals surface area contributed by atoms with Crippen LogP contribution >= 0.6 is 11.3 Å². The molecule has 0 aliphatic carbocycles. The number of nitrogens with zero attached hydrogens (tertiary/aromatic N) is 2. The van der Waals surface area contributed by atoms with Crippen molar-refractivity contribution in [2.45, 2.75) is 19.4 Å². The Bertz CT molecular complexity index is 1220. The molecule has 0 amide bonds. The summed E-state index contributed by atoms with van der Waals surface area (Å²) in [6.45, 7) is 5.94. The molecule has 135 valence electrons. The Morgan fingerprint density at radius 3 is 2.96 bits per heavy atom. The van der Waals surface area contributed by atoms with Crippen LogP contribution in [0.25, 0.3) is 31.7 Å². The van der Waals surface area contributed by atoms with Gasteiger partial charge in [-0.1, -0.05) is 0 Å². The lowest BCUT2D eigenvalue weighted by molar-refractivity contribution is 0.269. The monoisotopic (exact) mass is 379 g/mol. The number of hydrogen-bond donors (Lipinski definition) is 0. The topological polar surface area (TPSA) is 44.2 Å². The Morgan fingerprint density at radius 2 is 2.15 bits per heavy atom. The van der Waals surface area contributed by atoms with Gasteiger partial charge in [0.15, 0.2) is 11.6 Å². The molecule has 4 aromatic rings. The van der Waals surface area contributed by atoms with Crippen LogP contribution in [0.3, 0.4) is 0 Å². The van der Waals surface area contributed by atoms with Gasteiger partial charge in [0.1, 0.15) is 16.9 Å². The van der Waals surface area contributed by atoms with Crippen molar-refractivity contribution in [3.63, 3.8) is 0 Å². The van der Waals surface area contributed by atoms with E-state index in [1.54, 1.807) is 24.6 Å². The summed E-state index contributed by atoms with van der Waals surface area (Å²) in [5, 5.41) is 1.80. The number of pyridine rings is 1. The summed E-state index contributed by atoms with van der Waals surface area (Å²) < 4.78 is 26.2. The molecule has 0 spiro atoms. The molecule has 0 N–H and O–H groups in total. The number of benzene rings is 2. The summed E-state index contributed by atoms with van der Waals surface area (Å²) in [6.07, 6.45) is 2.03. The number of rotatable bonds is 2. The zero-order valence-electron chi connectivity index (χ0n) is 14.9. The van der Waals surface area contributed by atoms with Gasteiger partial charge in [-0.15, -0.1) is 11.3 Å². The van der Waals surface area contributed by atoms with Crippen LogP contribution in [0, 0.1) is 19.7 Å². The fraction of sp³-hybridized carbons (Fsp3) is 0.190. The van der Waals surface area contributed by atoms with Gasteiger partial charge < -0.3 is 9.47 Å². The molecule has 2 aromatic heterocycles. The molecule has 5 rings (SSSR count). The molecule has 0 fully saturated rings. The normalized spacial score (nSPS) is 15.9. The van der Waals surface area contributed by atoms with E-state index >= 15 is 0 Å². The Kier molecular flexibility index (Phi) is 3.59. The SMILES string of the molecule is [CH2][C@@H]1Cc2c(c(F)cc3nc(-c4cc(C)cc5cc(OC)cnc45)sc23)O1. The van der Waals surface area contributed by atoms with Gasteiger partial charge in [0, 0.05) is 29.0 Å². The Hall–Kier alpha value is -2.73. The van der Waals surface area contributed by atoms with E-state index in [2.05, 4.69) is 24.0 Å². The lowest BCUT2D eigenvalue weighted by atomic mass is 10.1. The first kappa shape index (κ1) is 16.4. The van der Waals surface area contributed by atoms with Crippen LogP contribution in [-0.4, -0.2) is 23.2 Å². The van der Waals surface area contributed by atoms with E-state index in [4.69, 9.17) is 14.5 Å². The Morgan fingerprint density at radius 1 is 1.30 bits per heavy atom. The van der Waals surface area contributed by atoms with E-state index in [1.165, 1.54) is 6.07 Å². The van der Waals surface area contributed by atoms with Crippen molar-refractivity contribution < 1.29 is 13.9 Å². The third-order valence-corrected chi connectivity index (χ3v) is 5.93. The highest BCUT2D eigenvalue weighted by atomic mass is 32.1. The first-order valence-corrected chi connectivity index (χ1v) is 9.41. The first-order chi connectivity index (χ1) is 13.0.